The highest BCUT2D eigenvalue weighted by molar-refractivity contribution is 7.70. The first-order chi connectivity index (χ1) is 17.4. The van der Waals surface area contributed by atoms with Crippen LogP contribution in [0.5, 0.6) is 0 Å². The van der Waals surface area contributed by atoms with Gasteiger partial charge in [0, 0.05) is 0 Å². The Labute approximate surface area is 215 Å². The van der Waals surface area contributed by atoms with E-state index in [0.717, 1.165) is 18.5 Å². The van der Waals surface area contributed by atoms with E-state index in [2.05, 4.69) is 27.5 Å². The van der Waals surface area contributed by atoms with Crippen molar-refractivity contribution in [1.29, 1.82) is 0 Å². The average molecular weight is 575 g/mol. The summed E-state index contributed by atoms with van der Waals surface area (Å²) >= 11 is 6.30. The minimum Gasteiger partial charge on any atom is -0.387 e. The number of nitrogens with zero attached hydrogens (tertiary/aromatic N) is 3. The van der Waals surface area contributed by atoms with Gasteiger partial charge in [0.25, 0.3) is 0 Å². The molecule has 5 rings (SSSR count). The van der Waals surface area contributed by atoms with E-state index in [1.54, 1.807) is 12.3 Å². The van der Waals surface area contributed by atoms with E-state index in [9.17, 15) is 24.2 Å². The largest absolute Gasteiger partial charge is 0.387 e. The molecule has 1 fully saturated rings. The molecule has 0 saturated carbocycles. The standard InChI is InChI=1S/C21H25ClN4O9P2/c22-17-7-15(24-14-6-5-11-3-1-2-4-12(11)14)13-8-23-26(20(13)25-17)9-16-18(27)19(28)21(34-16)35-37(32,33)10-36(29,30)31/h1-4,7-8,14,16,18-19,21,27-28H,5-6,9-10H2,(H,24,25)(H,32,33)(H2,29,30,31)/t14?,16-,18-,19-,21+/m0/s1. The zero-order chi connectivity index (χ0) is 26.5. The smallest absolute Gasteiger partial charge is 0.342 e. The molecule has 16 heteroatoms. The number of aliphatic hydroxyl groups excluding tert-OH is 2. The number of rotatable bonds is 8. The second-order valence-electron chi connectivity index (χ2n) is 9.06. The Hall–Kier alpha value is -1.89. The summed E-state index contributed by atoms with van der Waals surface area (Å²) < 4.78 is 34.7. The zero-order valence-corrected chi connectivity index (χ0v) is 21.7. The van der Waals surface area contributed by atoms with Crippen molar-refractivity contribution in [1.82, 2.24) is 14.8 Å². The molecular weight excluding hydrogens is 550 g/mol. The predicted octanol–water partition coefficient (Wildman–Crippen LogP) is 1.97. The molecule has 0 amide bonds. The molecule has 0 radical (unpaired) electrons. The lowest BCUT2D eigenvalue weighted by Gasteiger charge is -2.19. The number of aryl methyl sites for hydroxylation is 1. The molecule has 37 heavy (non-hydrogen) atoms. The van der Waals surface area contributed by atoms with Gasteiger partial charge in [0.15, 0.2) is 17.8 Å². The zero-order valence-electron chi connectivity index (χ0n) is 19.2. The summed E-state index contributed by atoms with van der Waals surface area (Å²) in [6, 6.07) is 9.96. The van der Waals surface area contributed by atoms with Gasteiger partial charge in [-0.25, -0.2) is 9.67 Å². The fraction of sp³-hybridized carbons (Fsp3) is 0.429. The number of hydrogen-bond donors (Lipinski definition) is 6. The maximum absolute atomic E-state index is 12.0. The molecule has 3 aromatic rings. The quantitative estimate of drug-likeness (QED) is 0.169. The molecular formula is C21H25ClN4O9P2. The Morgan fingerprint density at radius 3 is 2.70 bits per heavy atom. The maximum Gasteiger partial charge on any atom is 0.342 e. The average Bonchev–Trinajstić information content (AvgIpc) is 3.46. The van der Waals surface area contributed by atoms with Crippen LogP contribution in [0.2, 0.25) is 5.15 Å². The molecule has 6 N–H and O–H groups in total. The Kier molecular flexibility index (Phi) is 7.23. The number of hydrogen-bond acceptors (Lipinski definition) is 9. The summed E-state index contributed by atoms with van der Waals surface area (Å²) in [5, 5.41) is 29.4. The van der Waals surface area contributed by atoms with E-state index in [4.69, 9.17) is 30.6 Å². The van der Waals surface area contributed by atoms with Gasteiger partial charge >= 0.3 is 15.2 Å². The predicted molar refractivity (Wildman–Crippen MR) is 132 cm³/mol. The minimum atomic E-state index is -4.89. The third kappa shape index (κ3) is 5.76. The molecule has 6 atom stereocenters. The highest BCUT2D eigenvalue weighted by Gasteiger charge is 2.47. The molecule has 2 aromatic heterocycles. The Morgan fingerprint density at radius 2 is 1.95 bits per heavy atom. The molecule has 1 saturated heterocycles. The molecule has 1 aliphatic carbocycles. The van der Waals surface area contributed by atoms with Gasteiger partial charge in [-0.1, -0.05) is 35.9 Å². The van der Waals surface area contributed by atoms with Crippen molar-refractivity contribution >= 4 is 43.5 Å². The lowest BCUT2D eigenvalue weighted by atomic mass is 10.1. The van der Waals surface area contributed by atoms with Crippen LogP contribution in [-0.4, -0.2) is 70.2 Å². The molecule has 13 nitrogen and oxygen atoms in total. The first-order valence-electron chi connectivity index (χ1n) is 11.3. The van der Waals surface area contributed by atoms with Crippen LogP contribution in [0.4, 0.5) is 5.69 Å². The van der Waals surface area contributed by atoms with Crippen molar-refractivity contribution < 1.29 is 43.3 Å². The van der Waals surface area contributed by atoms with Gasteiger partial charge in [-0.2, -0.15) is 5.10 Å². The third-order valence-corrected chi connectivity index (χ3v) is 9.98. The van der Waals surface area contributed by atoms with Crippen LogP contribution in [-0.2, 0) is 31.4 Å². The van der Waals surface area contributed by atoms with Crippen molar-refractivity contribution in [2.75, 3.05) is 11.2 Å². The number of fused-ring (bicyclic) bond motifs is 2. The van der Waals surface area contributed by atoms with Crippen LogP contribution >= 0.6 is 26.8 Å². The van der Waals surface area contributed by atoms with E-state index >= 15 is 0 Å². The van der Waals surface area contributed by atoms with Crippen LogP contribution in [0.1, 0.15) is 23.6 Å². The minimum absolute atomic E-state index is 0.0802. The van der Waals surface area contributed by atoms with Crippen LogP contribution in [0.25, 0.3) is 11.0 Å². The third-order valence-electron chi connectivity index (χ3n) is 6.34. The molecule has 2 unspecified atom stereocenters. The second kappa shape index (κ2) is 10.0. The second-order valence-corrected chi connectivity index (χ2v) is 13.4. The monoisotopic (exact) mass is 574 g/mol. The number of pyridine rings is 1. The molecule has 1 aliphatic heterocycles. The van der Waals surface area contributed by atoms with Gasteiger partial charge in [0.2, 0.25) is 0 Å². The van der Waals surface area contributed by atoms with E-state index in [1.165, 1.54) is 15.8 Å². The van der Waals surface area contributed by atoms with Gasteiger partial charge < -0.3 is 34.9 Å². The Morgan fingerprint density at radius 1 is 1.19 bits per heavy atom. The summed E-state index contributed by atoms with van der Waals surface area (Å²) in [7, 11) is -9.72. The van der Waals surface area contributed by atoms with Gasteiger partial charge in [-0.15, -0.1) is 0 Å². The molecule has 0 bridgehead atoms. The fourth-order valence-corrected chi connectivity index (χ4v) is 7.53. The Bertz CT molecular complexity index is 1420. The van der Waals surface area contributed by atoms with Crippen LogP contribution in [0.3, 0.4) is 0 Å². The van der Waals surface area contributed by atoms with Crippen molar-refractivity contribution in [3.63, 3.8) is 0 Å². The summed E-state index contributed by atoms with van der Waals surface area (Å²) in [6.07, 6.45) is -2.79. The van der Waals surface area contributed by atoms with Crippen molar-refractivity contribution in [3.05, 3.63) is 52.8 Å². The van der Waals surface area contributed by atoms with E-state index in [0.29, 0.717) is 11.0 Å². The number of benzene rings is 1. The molecule has 3 heterocycles. The highest BCUT2D eigenvalue weighted by atomic mass is 35.5. The lowest BCUT2D eigenvalue weighted by Crippen LogP contribution is -2.35. The molecule has 1 aromatic carbocycles. The number of anilines is 1. The van der Waals surface area contributed by atoms with Crippen LogP contribution in [0, 0.1) is 0 Å². The topological polar surface area (TPSA) is 196 Å². The van der Waals surface area contributed by atoms with Crippen LogP contribution in [0.15, 0.2) is 36.5 Å². The van der Waals surface area contributed by atoms with E-state index < -0.39 is 45.7 Å². The first kappa shape index (κ1) is 26.7. The number of aliphatic hydroxyl groups is 2. The van der Waals surface area contributed by atoms with Crippen molar-refractivity contribution in [3.8, 4) is 0 Å². The summed E-state index contributed by atoms with van der Waals surface area (Å²) in [6.45, 7) is -0.130. The summed E-state index contributed by atoms with van der Waals surface area (Å²) in [5.41, 5.74) is 3.59. The summed E-state index contributed by atoms with van der Waals surface area (Å²) in [5.74, 6) is -1.46. The SMILES string of the molecule is O=P(O)(O)CP(=O)(O)O[C@H]1O[C@@H](Cn2ncc3c(NC4CCc5ccccc54)cc(Cl)nc32)[C@H](O)[C@@H]1O. The number of nitrogens with one attached hydrogen (secondary N) is 1. The van der Waals surface area contributed by atoms with E-state index in [-0.39, 0.29) is 17.7 Å². The highest BCUT2D eigenvalue weighted by Crippen LogP contribution is 2.56. The lowest BCUT2D eigenvalue weighted by molar-refractivity contribution is -0.115. The van der Waals surface area contributed by atoms with Gasteiger partial charge in [-0.05, 0) is 30.0 Å². The summed E-state index contributed by atoms with van der Waals surface area (Å²) in [4.78, 5) is 32.0. The molecule has 2 aliphatic rings. The first-order valence-corrected chi connectivity index (χ1v) is 15.3. The number of halogens is 1. The van der Waals surface area contributed by atoms with Gasteiger partial charge in [0.05, 0.1) is 29.9 Å². The fourth-order valence-electron chi connectivity index (χ4n) is 4.72. The normalized spacial score (nSPS) is 27.4. The number of ether oxygens (including phenoxy) is 1. The van der Waals surface area contributed by atoms with Gasteiger partial charge in [-0.3, -0.25) is 13.7 Å². The molecule has 0 spiro atoms. The Balaban J connectivity index is 1.34. The number of aromatic nitrogens is 3. The van der Waals surface area contributed by atoms with Crippen molar-refractivity contribution in [2.24, 2.45) is 0 Å². The van der Waals surface area contributed by atoms with Gasteiger partial charge in [0.1, 0.15) is 23.5 Å². The molecule has 200 valence electrons. The van der Waals surface area contributed by atoms with E-state index in [1.807, 2.05) is 12.1 Å². The maximum atomic E-state index is 12.0. The van der Waals surface area contributed by atoms with Crippen LogP contribution < -0.4 is 5.32 Å². The van der Waals surface area contributed by atoms with Crippen molar-refractivity contribution in [2.45, 2.75) is 50.0 Å².